The second kappa shape index (κ2) is 5.92. The summed E-state index contributed by atoms with van der Waals surface area (Å²) in [6, 6.07) is 2.91. The van der Waals surface area contributed by atoms with Crippen LogP contribution in [0.15, 0.2) is 34.8 Å². The molecule has 0 bridgehead atoms. The molecule has 0 spiro atoms. The number of sulfonamides is 1. The van der Waals surface area contributed by atoms with Crippen molar-refractivity contribution in [3.63, 3.8) is 0 Å². The number of carboxylic acid groups (broad SMARTS) is 1. The molecule has 0 aliphatic carbocycles. The molecule has 1 unspecified atom stereocenters. The average Bonchev–Trinajstić information content (AvgIpc) is 2.82. The first-order valence-electron chi connectivity index (χ1n) is 6.06. The first-order valence-corrected chi connectivity index (χ1v) is 8.43. The lowest BCUT2D eigenvalue weighted by molar-refractivity contribution is 0.0698. The molecule has 6 nitrogen and oxygen atoms in total. The van der Waals surface area contributed by atoms with Crippen molar-refractivity contribution in [3.05, 3.63) is 45.9 Å². The smallest absolute Gasteiger partial charge is 0.347 e. The van der Waals surface area contributed by atoms with Gasteiger partial charge in [-0.3, -0.25) is 4.98 Å². The predicted molar refractivity (Wildman–Crippen MR) is 79.0 cm³/mol. The Balaban J connectivity index is 2.36. The quantitative estimate of drug-likeness (QED) is 0.878. The zero-order valence-electron chi connectivity index (χ0n) is 11.4. The summed E-state index contributed by atoms with van der Waals surface area (Å²) < 4.78 is 27.4. The van der Waals surface area contributed by atoms with E-state index in [0.717, 1.165) is 16.9 Å². The zero-order chi connectivity index (χ0) is 15.6. The summed E-state index contributed by atoms with van der Waals surface area (Å²) in [5, 5.41) is 10.6. The van der Waals surface area contributed by atoms with E-state index in [9.17, 15) is 13.2 Å². The number of pyridine rings is 1. The molecule has 21 heavy (non-hydrogen) atoms. The van der Waals surface area contributed by atoms with Crippen molar-refractivity contribution in [3.8, 4) is 0 Å². The van der Waals surface area contributed by atoms with Gasteiger partial charge in [-0.1, -0.05) is 0 Å². The second-order valence-corrected chi connectivity index (χ2v) is 7.04. The van der Waals surface area contributed by atoms with Crippen LogP contribution in [0.5, 0.6) is 0 Å². The Hall–Kier alpha value is -1.77. The highest BCUT2D eigenvalue weighted by Crippen LogP contribution is 2.28. The highest BCUT2D eigenvalue weighted by Gasteiger charge is 2.28. The van der Waals surface area contributed by atoms with Crippen molar-refractivity contribution in [1.82, 2.24) is 9.71 Å². The fourth-order valence-corrected chi connectivity index (χ4v) is 4.79. The molecule has 0 radical (unpaired) electrons. The Kier molecular flexibility index (Phi) is 4.40. The largest absolute Gasteiger partial charge is 0.477 e. The molecular formula is C13H14N2O4S2. The van der Waals surface area contributed by atoms with E-state index in [1.165, 1.54) is 5.38 Å². The van der Waals surface area contributed by atoms with Crippen molar-refractivity contribution < 1.29 is 18.3 Å². The van der Waals surface area contributed by atoms with Crippen molar-refractivity contribution in [2.45, 2.75) is 24.8 Å². The third-order valence-electron chi connectivity index (χ3n) is 2.92. The lowest BCUT2D eigenvalue weighted by Crippen LogP contribution is -2.28. The maximum atomic E-state index is 12.4. The lowest BCUT2D eigenvalue weighted by Gasteiger charge is -2.15. The van der Waals surface area contributed by atoms with Crippen molar-refractivity contribution in [1.29, 1.82) is 0 Å². The van der Waals surface area contributed by atoms with E-state index in [2.05, 4.69) is 9.71 Å². The van der Waals surface area contributed by atoms with Gasteiger partial charge in [-0.15, -0.1) is 11.3 Å². The maximum Gasteiger partial charge on any atom is 0.347 e. The number of aryl methyl sites for hydroxylation is 1. The minimum atomic E-state index is -3.91. The Bertz CT molecular complexity index is 754. The van der Waals surface area contributed by atoms with Gasteiger partial charge in [0, 0.05) is 18.4 Å². The minimum absolute atomic E-state index is 0.166. The van der Waals surface area contributed by atoms with Crippen LogP contribution in [0.3, 0.4) is 0 Å². The second-order valence-electron chi connectivity index (χ2n) is 4.51. The number of thiophene rings is 1. The van der Waals surface area contributed by atoms with Crippen molar-refractivity contribution in [2.24, 2.45) is 0 Å². The molecule has 2 N–H and O–H groups in total. The molecule has 0 fully saturated rings. The van der Waals surface area contributed by atoms with E-state index in [4.69, 9.17) is 5.11 Å². The van der Waals surface area contributed by atoms with E-state index in [1.54, 1.807) is 38.4 Å². The molecule has 2 aromatic rings. The Morgan fingerprint density at radius 3 is 2.57 bits per heavy atom. The van der Waals surface area contributed by atoms with Crippen molar-refractivity contribution in [2.75, 3.05) is 0 Å². The van der Waals surface area contributed by atoms with Gasteiger partial charge in [0.2, 0.25) is 10.0 Å². The van der Waals surface area contributed by atoms with E-state index >= 15 is 0 Å². The minimum Gasteiger partial charge on any atom is -0.477 e. The molecule has 0 aliphatic rings. The van der Waals surface area contributed by atoms with Crippen LogP contribution in [0.4, 0.5) is 0 Å². The van der Waals surface area contributed by atoms with Gasteiger partial charge in [0.1, 0.15) is 9.77 Å². The van der Waals surface area contributed by atoms with Crippen LogP contribution in [0, 0.1) is 6.92 Å². The van der Waals surface area contributed by atoms with E-state index in [-0.39, 0.29) is 9.77 Å². The van der Waals surface area contributed by atoms with Gasteiger partial charge < -0.3 is 5.11 Å². The molecule has 112 valence electrons. The number of aromatic nitrogens is 1. The average molecular weight is 326 g/mol. The van der Waals surface area contributed by atoms with Crippen LogP contribution < -0.4 is 4.72 Å². The van der Waals surface area contributed by atoms with Crippen LogP contribution in [-0.2, 0) is 10.0 Å². The van der Waals surface area contributed by atoms with Crippen LogP contribution in [0.2, 0.25) is 0 Å². The topological polar surface area (TPSA) is 96.4 Å². The summed E-state index contributed by atoms with van der Waals surface area (Å²) >= 11 is 0.905. The van der Waals surface area contributed by atoms with Gasteiger partial charge in [0.25, 0.3) is 0 Å². The number of carboxylic acids is 1. The number of rotatable bonds is 5. The SMILES string of the molecule is Cc1csc(C(=O)O)c1S(=O)(=O)NC(C)c1ccncc1. The van der Waals surface area contributed by atoms with E-state index in [1.807, 2.05) is 0 Å². The van der Waals surface area contributed by atoms with E-state index in [0.29, 0.717) is 5.56 Å². The first-order chi connectivity index (χ1) is 9.83. The molecule has 0 saturated carbocycles. The molecule has 1 atom stereocenters. The highest BCUT2D eigenvalue weighted by molar-refractivity contribution is 7.89. The molecule has 0 aromatic carbocycles. The number of nitrogens with zero attached hydrogens (tertiary/aromatic N) is 1. The summed E-state index contributed by atoms with van der Waals surface area (Å²) in [5.41, 5.74) is 1.17. The predicted octanol–water partition coefficient (Wildman–Crippen LogP) is 2.19. The summed E-state index contributed by atoms with van der Waals surface area (Å²) in [4.78, 5) is 14.7. The molecule has 8 heteroatoms. The molecule has 0 saturated heterocycles. The molecule has 0 aliphatic heterocycles. The van der Waals surface area contributed by atoms with Gasteiger partial charge in [0.15, 0.2) is 0 Å². The van der Waals surface area contributed by atoms with Crippen LogP contribution >= 0.6 is 11.3 Å². The van der Waals surface area contributed by atoms with Gasteiger partial charge in [0.05, 0.1) is 0 Å². The van der Waals surface area contributed by atoms with Crippen LogP contribution in [0.25, 0.3) is 0 Å². The fourth-order valence-electron chi connectivity index (χ4n) is 1.93. The third-order valence-corrected chi connectivity index (χ3v) is 5.86. The summed E-state index contributed by atoms with van der Waals surface area (Å²) in [6.45, 7) is 3.27. The Morgan fingerprint density at radius 2 is 2.00 bits per heavy atom. The number of carbonyl (C=O) groups is 1. The van der Waals surface area contributed by atoms with Gasteiger partial charge in [-0.25, -0.2) is 17.9 Å². The fraction of sp³-hybridized carbons (Fsp3) is 0.231. The molecule has 2 rings (SSSR count). The van der Waals surface area contributed by atoms with Crippen LogP contribution in [0.1, 0.15) is 33.8 Å². The summed E-state index contributed by atoms with van der Waals surface area (Å²) in [5.74, 6) is -1.25. The highest BCUT2D eigenvalue weighted by atomic mass is 32.2. The number of nitrogens with one attached hydrogen (secondary N) is 1. The molecular weight excluding hydrogens is 312 g/mol. The standard InChI is InChI=1S/C13H14N2O4S2/c1-8-7-20-11(13(16)17)12(8)21(18,19)15-9(2)10-3-5-14-6-4-10/h3-7,9,15H,1-2H3,(H,16,17). The number of hydrogen-bond donors (Lipinski definition) is 2. The number of hydrogen-bond acceptors (Lipinski definition) is 5. The lowest BCUT2D eigenvalue weighted by atomic mass is 10.1. The number of aromatic carboxylic acids is 1. The van der Waals surface area contributed by atoms with Gasteiger partial charge in [-0.05, 0) is 42.5 Å². The maximum absolute atomic E-state index is 12.4. The monoisotopic (exact) mass is 326 g/mol. The van der Waals surface area contributed by atoms with Gasteiger partial charge >= 0.3 is 5.97 Å². The zero-order valence-corrected chi connectivity index (χ0v) is 13.0. The first kappa shape index (κ1) is 15.6. The Labute approximate surface area is 126 Å². The van der Waals surface area contributed by atoms with Crippen LogP contribution in [-0.4, -0.2) is 24.5 Å². The molecule has 2 aromatic heterocycles. The molecule has 2 heterocycles. The summed E-state index contributed by atoms with van der Waals surface area (Å²) in [6.07, 6.45) is 3.14. The summed E-state index contributed by atoms with van der Waals surface area (Å²) in [7, 11) is -3.91. The molecule has 0 amide bonds. The van der Waals surface area contributed by atoms with Gasteiger partial charge in [-0.2, -0.15) is 0 Å². The normalized spacial score (nSPS) is 13.0. The Morgan fingerprint density at radius 1 is 1.38 bits per heavy atom. The van der Waals surface area contributed by atoms with Crippen molar-refractivity contribution >= 4 is 27.3 Å². The third kappa shape index (κ3) is 3.29. The van der Waals surface area contributed by atoms with E-state index < -0.39 is 22.0 Å².